The zero-order valence-corrected chi connectivity index (χ0v) is 16.4. The predicted octanol–water partition coefficient (Wildman–Crippen LogP) is 2.78. The van der Waals surface area contributed by atoms with Crippen molar-refractivity contribution in [3.63, 3.8) is 0 Å². The van der Waals surface area contributed by atoms with E-state index in [1.165, 1.54) is 4.68 Å². The maximum atomic E-state index is 12.7. The normalized spacial score (nSPS) is 11.2. The first-order valence-electron chi connectivity index (χ1n) is 9.00. The summed E-state index contributed by atoms with van der Waals surface area (Å²) >= 11 is 0. The molecule has 1 aromatic heterocycles. The molecule has 0 unspecified atom stereocenters. The van der Waals surface area contributed by atoms with Crippen LogP contribution in [0.4, 0.5) is 5.69 Å². The Morgan fingerprint density at radius 3 is 2.52 bits per heavy atom. The molecule has 0 saturated heterocycles. The first-order chi connectivity index (χ1) is 13.9. The summed E-state index contributed by atoms with van der Waals surface area (Å²) in [5.41, 5.74) is 3.58. The second kappa shape index (κ2) is 8.92. The van der Waals surface area contributed by atoms with Crippen molar-refractivity contribution in [1.29, 1.82) is 0 Å². The average Bonchev–Trinajstić information content (AvgIpc) is 3.13. The summed E-state index contributed by atoms with van der Waals surface area (Å²) < 4.78 is 6.49. The number of nitrogens with zero attached hydrogens (tertiary/aromatic N) is 4. The number of anilines is 1. The highest BCUT2D eigenvalue weighted by Crippen LogP contribution is 2.16. The van der Waals surface area contributed by atoms with Gasteiger partial charge in [-0.15, -0.1) is 5.10 Å². The van der Waals surface area contributed by atoms with Gasteiger partial charge in [-0.2, -0.15) is 4.68 Å². The Labute approximate surface area is 168 Å². The quantitative estimate of drug-likeness (QED) is 0.512. The maximum absolute atomic E-state index is 12.7. The lowest BCUT2D eigenvalue weighted by atomic mass is 10.1. The number of tetrazole rings is 1. The molecule has 0 aliphatic heterocycles. The molecule has 1 amide bonds. The molecule has 3 rings (SSSR count). The van der Waals surface area contributed by atoms with Crippen molar-refractivity contribution >= 4 is 29.3 Å². The van der Waals surface area contributed by atoms with Gasteiger partial charge in [0.2, 0.25) is 0 Å². The van der Waals surface area contributed by atoms with Crippen LogP contribution in [0.15, 0.2) is 48.5 Å². The summed E-state index contributed by atoms with van der Waals surface area (Å²) in [4.78, 5) is 24.9. The van der Waals surface area contributed by atoms with Gasteiger partial charge in [0.1, 0.15) is 0 Å². The SMILES string of the molecule is Cc1ccc(NC(=O)COC(=O)/C(=C/c2ccccc2)n2nnnc2C)c(C)c1. The van der Waals surface area contributed by atoms with Crippen LogP contribution < -0.4 is 5.32 Å². The molecule has 0 aliphatic carbocycles. The van der Waals surface area contributed by atoms with Gasteiger partial charge < -0.3 is 10.1 Å². The maximum Gasteiger partial charge on any atom is 0.357 e. The molecule has 3 aromatic rings. The summed E-state index contributed by atoms with van der Waals surface area (Å²) in [6.07, 6.45) is 1.60. The predicted molar refractivity (Wildman–Crippen MR) is 109 cm³/mol. The Morgan fingerprint density at radius 2 is 1.86 bits per heavy atom. The van der Waals surface area contributed by atoms with E-state index in [-0.39, 0.29) is 5.70 Å². The lowest BCUT2D eigenvalue weighted by Crippen LogP contribution is -2.23. The molecular weight excluding hydrogens is 370 g/mol. The third-order valence-electron chi connectivity index (χ3n) is 4.16. The van der Waals surface area contributed by atoms with E-state index in [0.717, 1.165) is 16.7 Å². The van der Waals surface area contributed by atoms with E-state index in [1.54, 1.807) is 13.0 Å². The van der Waals surface area contributed by atoms with Crippen molar-refractivity contribution in [2.75, 3.05) is 11.9 Å². The number of amides is 1. The monoisotopic (exact) mass is 391 g/mol. The molecule has 0 bridgehead atoms. The molecule has 29 heavy (non-hydrogen) atoms. The molecule has 0 atom stereocenters. The van der Waals surface area contributed by atoms with Crippen LogP contribution in [0, 0.1) is 20.8 Å². The molecule has 0 fully saturated rings. The number of carbonyl (C=O) groups excluding carboxylic acids is 2. The van der Waals surface area contributed by atoms with Gasteiger partial charge in [-0.3, -0.25) is 4.79 Å². The molecule has 1 heterocycles. The molecule has 0 spiro atoms. The number of esters is 1. The van der Waals surface area contributed by atoms with Crippen LogP contribution in [0.1, 0.15) is 22.5 Å². The van der Waals surface area contributed by atoms with Crippen LogP contribution in [0.25, 0.3) is 11.8 Å². The number of aryl methyl sites for hydroxylation is 3. The van der Waals surface area contributed by atoms with Gasteiger partial charge in [0.05, 0.1) is 0 Å². The fraction of sp³-hybridized carbons (Fsp3) is 0.190. The number of aromatic nitrogens is 4. The number of benzene rings is 2. The van der Waals surface area contributed by atoms with Crippen LogP contribution in [0.2, 0.25) is 0 Å². The van der Waals surface area contributed by atoms with E-state index in [9.17, 15) is 9.59 Å². The molecule has 148 valence electrons. The van der Waals surface area contributed by atoms with Crippen LogP contribution >= 0.6 is 0 Å². The Hall–Kier alpha value is -3.81. The average molecular weight is 391 g/mol. The summed E-state index contributed by atoms with van der Waals surface area (Å²) in [6.45, 7) is 5.11. The van der Waals surface area contributed by atoms with Crippen molar-refractivity contribution < 1.29 is 14.3 Å². The minimum absolute atomic E-state index is 0.109. The Morgan fingerprint density at radius 1 is 1.10 bits per heavy atom. The van der Waals surface area contributed by atoms with E-state index in [4.69, 9.17) is 4.74 Å². The molecular formula is C21H21N5O3. The van der Waals surface area contributed by atoms with E-state index in [0.29, 0.717) is 11.5 Å². The fourth-order valence-electron chi connectivity index (χ4n) is 2.71. The minimum atomic E-state index is -0.708. The molecule has 0 saturated carbocycles. The van der Waals surface area contributed by atoms with Crippen molar-refractivity contribution in [3.05, 3.63) is 71.0 Å². The third kappa shape index (κ3) is 5.13. The van der Waals surface area contributed by atoms with Crippen LogP contribution in [-0.4, -0.2) is 38.7 Å². The van der Waals surface area contributed by atoms with Crippen LogP contribution in [0.5, 0.6) is 0 Å². The molecule has 0 radical (unpaired) electrons. The van der Waals surface area contributed by atoms with Gasteiger partial charge in [-0.05, 0) is 54.5 Å². The summed E-state index contributed by atoms with van der Waals surface area (Å²) in [6, 6.07) is 14.9. The highest BCUT2D eigenvalue weighted by atomic mass is 16.5. The summed E-state index contributed by atoms with van der Waals surface area (Å²) in [5, 5.41) is 14.0. The highest BCUT2D eigenvalue weighted by Gasteiger charge is 2.19. The van der Waals surface area contributed by atoms with Gasteiger partial charge in [-0.25, -0.2) is 4.79 Å². The first kappa shape index (κ1) is 19.9. The van der Waals surface area contributed by atoms with E-state index < -0.39 is 18.5 Å². The molecule has 8 nitrogen and oxygen atoms in total. The van der Waals surface area contributed by atoms with Crippen molar-refractivity contribution in [3.8, 4) is 0 Å². The number of nitrogens with one attached hydrogen (secondary N) is 1. The molecule has 2 aromatic carbocycles. The van der Waals surface area contributed by atoms with E-state index in [1.807, 2.05) is 62.4 Å². The van der Waals surface area contributed by atoms with Gasteiger partial charge in [0, 0.05) is 5.69 Å². The number of ether oxygens (including phenoxy) is 1. The fourth-order valence-corrected chi connectivity index (χ4v) is 2.71. The second-order valence-corrected chi connectivity index (χ2v) is 6.52. The summed E-state index contributed by atoms with van der Waals surface area (Å²) in [7, 11) is 0. The van der Waals surface area contributed by atoms with Gasteiger partial charge in [0.25, 0.3) is 5.91 Å². The number of carbonyl (C=O) groups is 2. The van der Waals surface area contributed by atoms with Gasteiger partial charge >= 0.3 is 5.97 Å². The molecule has 8 heteroatoms. The lowest BCUT2D eigenvalue weighted by Gasteiger charge is -2.11. The number of hydrogen-bond acceptors (Lipinski definition) is 6. The highest BCUT2D eigenvalue weighted by molar-refractivity contribution is 6.15. The number of hydrogen-bond donors (Lipinski definition) is 1. The number of rotatable bonds is 6. The largest absolute Gasteiger partial charge is 0.451 e. The second-order valence-electron chi connectivity index (χ2n) is 6.52. The zero-order valence-electron chi connectivity index (χ0n) is 16.4. The molecule has 1 N–H and O–H groups in total. The van der Waals surface area contributed by atoms with Crippen molar-refractivity contribution in [2.45, 2.75) is 20.8 Å². The third-order valence-corrected chi connectivity index (χ3v) is 4.16. The Bertz CT molecular complexity index is 1060. The van der Waals surface area contributed by atoms with Crippen molar-refractivity contribution in [2.24, 2.45) is 0 Å². The van der Waals surface area contributed by atoms with Gasteiger partial charge in [0.15, 0.2) is 18.1 Å². The van der Waals surface area contributed by atoms with Gasteiger partial charge in [-0.1, -0.05) is 48.0 Å². The van der Waals surface area contributed by atoms with Crippen LogP contribution in [-0.2, 0) is 14.3 Å². The Balaban J connectivity index is 1.73. The lowest BCUT2D eigenvalue weighted by molar-refractivity contribution is -0.141. The minimum Gasteiger partial charge on any atom is -0.451 e. The molecule has 0 aliphatic rings. The Kier molecular flexibility index (Phi) is 6.13. The topological polar surface area (TPSA) is 99.0 Å². The van der Waals surface area contributed by atoms with Crippen LogP contribution in [0.3, 0.4) is 0 Å². The summed E-state index contributed by atoms with van der Waals surface area (Å²) in [5.74, 6) is -0.721. The van der Waals surface area contributed by atoms with E-state index >= 15 is 0 Å². The van der Waals surface area contributed by atoms with Crippen molar-refractivity contribution in [1.82, 2.24) is 20.2 Å². The first-order valence-corrected chi connectivity index (χ1v) is 9.00. The smallest absolute Gasteiger partial charge is 0.357 e. The van der Waals surface area contributed by atoms with E-state index in [2.05, 4.69) is 20.8 Å². The standard InChI is InChI=1S/C21H21N5O3/c1-14-9-10-18(15(2)11-14)22-20(27)13-29-21(28)19(26-16(3)23-24-25-26)12-17-7-5-4-6-8-17/h4-12H,13H2,1-3H3,(H,22,27)/b19-12-. The zero-order chi connectivity index (χ0) is 20.8.